The third kappa shape index (κ3) is 4.45. The molecule has 1 aromatic heterocycles. The predicted molar refractivity (Wildman–Crippen MR) is 139 cm³/mol. The van der Waals surface area contributed by atoms with E-state index in [1.54, 1.807) is 7.11 Å². The fourth-order valence-corrected chi connectivity index (χ4v) is 6.44. The Kier molecular flexibility index (Phi) is 6.23. The van der Waals surface area contributed by atoms with Gasteiger partial charge in [0.25, 0.3) is 0 Å². The fraction of sp³-hybridized carbons (Fsp3) is 0.483. The number of fused-ring (bicyclic) bond motifs is 3. The third-order valence-corrected chi connectivity index (χ3v) is 8.39. The van der Waals surface area contributed by atoms with E-state index in [0.717, 1.165) is 73.2 Å². The second-order valence-electron chi connectivity index (χ2n) is 10.3. The number of benzene rings is 2. The molecule has 3 aromatic rings. The van der Waals surface area contributed by atoms with E-state index in [2.05, 4.69) is 21.7 Å². The molecule has 2 unspecified atom stereocenters. The molecule has 3 aliphatic rings. The number of para-hydroxylation sites is 2. The molecule has 184 valence electrons. The normalized spacial score (nSPS) is 24.1. The quantitative estimate of drug-likeness (QED) is 0.326. The molecule has 3 heterocycles. The molecule has 5 nitrogen and oxygen atoms in total. The highest BCUT2D eigenvalue weighted by atomic mass is 35.5. The zero-order valence-electron chi connectivity index (χ0n) is 20.3. The summed E-state index contributed by atoms with van der Waals surface area (Å²) in [6, 6.07) is 15.0. The van der Waals surface area contributed by atoms with E-state index in [1.165, 1.54) is 12.8 Å². The molecule has 35 heavy (non-hydrogen) atoms. The van der Waals surface area contributed by atoms with Crippen LogP contribution in [0.15, 0.2) is 48.7 Å². The SMILES string of the molecule is COc1cccc2c(C(=O)C3CC3)cn(CCCN3C4CCC3CC(Oc3ccccc3Cl)C4)c12. The van der Waals surface area contributed by atoms with Crippen molar-refractivity contribution in [3.8, 4) is 11.5 Å². The van der Waals surface area contributed by atoms with Crippen LogP contribution in [0.3, 0.4) is 0 Å². The number of nitrogens with zero attached hydrogens (tertiary/aromatic N) is 2. The molecule has 2 atom stereocenters. The molecule has 3 fully saturated rings. The first-order valence-electron chi connectivity index (χ1n) is 13.0. The first kappa shape index (κ1) is 22.9. The first-order chi connectivity index (χ1) is 17.1. The number of methoxy groups -OCH3 is 1. The number of carbonyl (C=O) groups excluding carboxylic acids is 1. The van der Waals surface area contributed by atoms with Gasteiger partial charge in [0.2, 0.25) is 0 Å². The highest BCUT2D eigenvalue weighted by molar-refractivity contribution is 6.32. The standard InChI is InChI=1S/C29H33ClN2O3/c1-34-27-9-4-6-23-24(29(33)19-10-11-19)18-31(28(23)27)14-5-15-32-20-12-13-21(32)17-22(16-20)35-26-8-3-2-7-25(26)30/h2-4,6-9,18-22H,5,10-17H2,1H3. The molecule has 6 heteroatoms. The van der Waals surface area contributed by atoms with Crippen LogP contribution < -0.4 is 9.47 Å². The van der Waals surface area contributed by atoms with Crippen molar-refractivity contribution in [2.75, 3.05) is 13.7 Å². The summed E-state index contributed by atoms with van der Waals surface area (Å²) in [5.41, 5.74) is 1.91. The highest BCUT2D eigenvalue weighted by Crippen LogP contribution is 2.39. The molecule has 1 saturated carbocycles. The molecule has 2 aliphatic heterocycles. The zero-order chi connectivity index (χ0) is 23.9. The van der Waals surface area contributed by atoms with Crippen LogP contribution in [0.4, 0.5) is 0 Å². The van der Waals surface area contributed by atoms with Crippen LogP contribution in [0, 0.1) is 5.92 Å². The van der Waals surface area contributed by atoms with Crippen LogP contribution in [0.5, 0.6) is 11.5 Å². The van der Waals surface area contributed by atoms with Crippen LogP contribution >= 0.6 is 11.6 Å². The number of Topliss-reactive ketones (excluding diaryl/α,β-unsaturated/α-hetero) is 1. The van der Waals surface area contributed by atoms with Gasteiger partial charge in [0, 0.05) is 48.2 Å². The van der Waals surface area contributed by atoms with Crippen LogP contribution in [-0.4, -0.2) is 47.1 Å². The molecule has 0 amide bonds. The van der Waals surface area contributed by atoms with Crippen LogP contribution in [0.25, 0.3) is 10.9 Å². The number of hydrogen-bond donors (Lipinski definition) is 0. The van der Waals surface area contributed by atoms with E-state index in [0.29, 0.717) is 22.9 Å². The minimum atomic E-state index is 0.213. The summed E-state index contributed by atoms with van der Waals surface area (Å²) < 4.78 is 14.2. The Bertz CT molecular complexity index is 1220. The smallest absolute Gasteiger partial charge is 0.168 e. The van der Waals surface area contributed by atoms with Crippen molar-refractivity contribution in [1.29, 1.82) is 0 Å². The van der Waals surface area contributed by atoms with Crippen molar-refractivity contribution in [2.45, 2.75) is 69.7 Å². The van der Waals surface area contributed by atoms with Gasteiger partial charge in [-0.25, -0.2) is 0 Å². The monoisotopic (exact) mass is 492 g/mol. The van der Waals surface area contributed by atoms with Gasteiger partial charge in [-0.2, -0.15) is 0 Å². The van der Waals surface area contributed by atoms with E-state index < -0.39 is 0 Å². The number of aromatic nitrogens is 1. The van der Waals surface area contributed by atoms with Gasteiger partial charge in [-0.3, -0.25) is 9.69 Å². The summed E-state index contributed by atoms with van der Waals surface area (Å²) in [5, 5.41) is 1.72. The Hall–Kier alpha value is -2.50. The Morgan fingerprint density at radius 2 is 1.71 bits per heavy atom. The van der Waals surface area contributed by atoms with Crippen molar-refractivity contribution < 1.29 is 14.3 Å². The summed E-state index contributed by atoms with van der Waals surface area (Å²) in [6.07, 6.45) is 10.00. The summed E-state index contributed by atoms with van der Waals surface area (Å²) in [5.74, 6) is 2.15. The Labute approximate surface area is 211 Å². The number of halogens is 1. The molecule has 2 saturated heterocycles. The average molecular weight is 493 g/mol. The Morgan fingerprint density at radius 3 is 2.43 bits per heavy atom. The van der Waals surface area contributed by atoms with Crippen molar-refractivity contribution in [1.82, 2.24) is 9.47 Å². The largest absolute Gasteiger partial charge is 0.495 e. The van der Waals surface area contributed by atoms with Gasteiger partial charge in [0.15, 0.2) is 5.78 Å². The zero-order valence-corrected chi connectivity index (χ0v) is 21.0. The molecule has 2 bridgehead atoms. The van der Waals surface area contributed by atoms with Gasteiger partial charge in [-0.1, -0.05) is 35.9 Å². The number of rotatable bonds is 9. The maximum atomic E-state index is 12.9. The topological polar surface area (TPSA) is 43.7 Å². The second-order valence-corrected chi connectivity index (χ2v) is 10.8. The molecule has 1 aliphatic carbocycles. The molecule has 6 rings (SSSR count). The minimum Gasteiger partial charge on any atom is -0.495 e. The average Bonchev–Trinajstić information content (AvgIpc) is 3.61. The van der Waals surface area contributed by atoms with Crippen LogP contribution in [0.2, 0.25) is 5.02 Å². The molecule has 0 radical (unpaired) electrons. The molecule has 2 aromatic carbocycles. The van der Waals surface area contributed by atoms with Crippen molar-refractivity contribution in [2.24, 2.45) is 5.92 Å². The van der Waals surface area contributed by atoms with Gasteiger partial charge in [-0.15, -0.1) is 0 Å². The lowest BCUT2D eigenvalue weighted by atomic mass is 9.99. The highest BCUT2D eigenvalue weighted by Gasteiger charge is 2.41. The van der Waals surface area contributed by atoms with Gasteiger partial charge >= 0.3 is 0 Å². The molecule has 0 N–H and O–H groups in total. The number of carbonyl (C=O) groups is 1. The number of piperidine rings is 1. The van der Waals surface area contributed by atoms with Gasteiger partial charge in [-0.05, 0) is 63.1 Å². The molecular formula is C29H33ClN2O3. The van der Waals surface area contributed by atoms with Gasteiger partial charge in [0.05, 0.1) is 17.6 Å². The summed E-state index contributed by atoms with van der Waals surface area (Å²) >= 11 is 6.32. The lowest BCUT2D eigenvalue weighted by Gasteiger charge is -2.39. The summed E-state index contributed by atoms with van der Waals surface area (Å²) in [6.45, 7) is 1.94. The van der Waals surface area contributed by atoms with E-state index in [-0.39, 0.29) is 12.0 Å². The lowest BCUT2D eigenvalue weighted by molar-refractivity contribution is 0.0482. The first-order valence-corrected chi connectivity index (χ1v) is 13.4. The Morgan fingerprint density at radius 1 is 0.971 bits per heavy atom. The fourth-order valence-electron chi connectivity index (χ4n) is 6.26. The van der Waals surface area contributed by atoms with Crippen molar-refractivity contribution >= 4 is 28.3 Å². The maximum absolute atomic E-state index is 12.9. The molecular weight excluding hydrogens is 460 g/mol. The minimum absolute atomic E-state index is 0.213. The van der Waals surface area contributed by atoms with E-state index in [4.69, 9.17) is 21.1 Å². The predicted octanol–water partition coefficient (Wildman–Crippen LogP) is 6.36. The van der Waals surface area contributed by atoms with E-state index in [1.807, 2.05) is 36.4 Å². The maximum Gasteiger partial charge on any atom is 0.168 e. The second kappa shape index (κ2) is 9.51. The number of hydrogen-bond acceptors (Lipinski definition) is 4. The third-order valence-electron chi connectivity index (χ3n) is 8.08. The number of aryl methyl sites for hydroxylation is 1. The van der Waals surface area contributed by atoms with Crippen molar-refractivity contribution in [3.63, 3.8) is 0 Å². The lowest BCUT2D eigenvalue weighted by Crippen LogP contribution is -2.46. The van der Waals surface area contributed by atoms with Gasteiger partial charge < -0.3 is 14.0 Å². The Balaban J connectivity index is 1.13. The van der Waals surface area contributed by atoms with Crippen LogP contribution in [-0.2, 0) is 6.54 Å². The van der Waals surface area contributed by atoms with E-state index >= 15 is 0 Å². The van der Waals surface area contributed by atoms with Gasteiger partial charge in [0.1, 0.15) is 17.6 Å². The van der Waals surface area contributed by atoms with Crippen molar-refractivity contribution in [3.05, 3.63) is 59.2 Å². The van der Waals surface area contributed by atoms with E-state index in [9.17, 15) is 4.79 Å². The number of ketones is 1. The number of ether oxygens (including phenoxy) is 2. The van der Waals surface area contributed by atoms with Crippen LogP contribution in [0.1, 0.15) is 55.3 Å². The summed E-state index contributed by atoms with van der Waals surface area (Å²) in [4.78, 5) is 15.6. The summed E-state index contributed by atoms with van der Waals surface area (Å²) in [7, 11) is 1.71. The molecule has 0 spiro atoms.